The number of likely N-dealkylation sites (tertiary alicyclic amines) is 1. The molecule has 0 aliphatic carbocycles. The van der Waals surface area contributed by atoms with Crippen LogP contribution < -0.4 is 0 Å². The highest BCUT2D eigenvalue weighted by atomic mass is 16.1. The minimum atomic E-state index is 0.332. The second kappa shape index (κ2) is 3.86. The van der Waals surface area contributed by atoms with E-state index in [1.54, 1.807) is 0 Å². The Labute approximate surface area is 68.6 Å². The standard InChI is InChI=1S/C9H17NO/c1-3-4-8-7-10(2)6-5-9(8)11/h8H,3-7H2,1-2H3/t8-/m0/s1. The molecule has 1 aliphatic heterocycles. The molecule has 0 bridgehead atoms. The zero-order valence-corrected chi connectivity index (χ0v) is 7.47. The third-order valence-electron chi connectivity index (χ3n) is 2.36. The van der Waals surface area contributed by atoms with Crippen molar-refractivity contribution in [3.8, 4) is 0 Å². The zero-order chi connectivity index (χ0) is 8.27. The van der Waals surface area contributed by atoms with E-state index in [4.69, 9.17) is 0 Å². The number of nitrogens with zero attached hydrogens (tertiary/aromatic N) is 1. The number of Topliss-reactive ketones (excluding diaryl/α,β-unsaturated/α-hetero) is 1. The molecule has 0 radical (unpaired) electrons. The van der Waals surface area contributed by atoms with Gasteiger partial charge in [0.15, 0.2) is 0 Å². The summed E-state index contributed by atoms with van der Waals surface area (Å²) in [6.07, 6.45) is 2.97. The second-order valence-electron chi connectivity index (χ2n) is 3.46. The van der Waals surface area contributed by atoms with Crippen molar-refractivity contribution in [3.63, 3.8) is 0 Å². The third kappa shape index (κ3) is 2.29. The van der Waals surface area contributed by atoms with E-state index in [-0.39, 0.29) is 0 Å². The van der Waals surface area contributed by atoms with E-state index in [0.717, 1.165) is 32.4 Å². The van der Waals surface area contributed by atoms with Crippen LogP contribution in [0.5, 0.6) is 0 Å². The van der Waals surface area contributed by atoms with Crippen LogP contribution in [0.1, 0.15) is 26.2 Å². The minimum absolute atomic E-state index is 0.332. The molecule has 0 aromatic rings. The Kier molecular flexibility index (Phi) is 3.06. The first-order chi connectivity index (χ1) is 5.24. The molecule has 0 amide bonds. The van der Waals surface area contributed by atoms with E-state index in [0.29, 0.717) is 11.7 Å². The first kappa shape index (κ1) is 8.72. The van der Waals surface area contributed by atoms with Crippen LogP contribution in [0.15, 0.2) is 0 Å². The Balaban J connectivity index is 2.40. The van der Waals surface area contributed by atoms with Crippen LogP contribution >= 0.6 is 0 Å². The molecule has 0 unspecified atom stereocenters. The molecule has 64 valence electrons. The Hall–Kier alpha value is -0.370. The fourth-order valence-electron chi connectivity index (χ4n) is 1.68. The van der Waals surface area contributed by atoms with Crippen LogP contribution in [-0.4, -0.2) is 30.8 Å². The van der Waals surface area contributed by atoms with Crippen LogP contribution in [0.25, 0.3) is 0 Å². The summed E-state index contributed by atoms with van der Waals surface area (Å²) in [5, 5.41) is 0. The van der Waals surface area contributed by atoms with E-state index in [2.05, 4.69) is 18.9 Å². The van der Waals surface area contributed by atoms with Gasteiger partial charge in [0, 0.05) is 25.4 Å². The van der Waals surface area contributed by atoms with Gasteiger partial charge in [0.1, 0.15) is 5.78 Å². The fourth-order valence-corrected chi connectivity index (χ4v) is 1.68. The van der Waals surface area contributed by atoms with E-state index < -0.39 is 0 Å². The number of ketones is 1. The monoisotopic (exact) mass is 155 g/mol. The first-order valence-electron chi connectivity index (χ1n) is 4.45. The van der Waals surface area contributed by atoms with Crippen molar-refractivity contribution in [1.82, 2.24) is 4.90 Å². The van der Waals surface area contributed by atoms with Crippen LogP contribution in [0.4, 0.5) is 0 Å². The number of hydrogen-bond acceptors (Lipinski definition) is 2. The Morgan fingerprint density at radius 1 is 1.64 bits per heavy atom. The molecule has 0 saturated carbocycles. The maximum Gasteiger partial charge on any atom is 0.138 e. The van der Waals surface area contributed by atoms with Gasteiger partial charge in [-0.05, 0) is 13.5 Å². The summed E-state index contributed by atoms with van der Waals surface area (Å²) in [7, 11) is 2.09. The van der Waals surface area contributed by atoms with Gasteiger partial charge in [-0.15, -0.1) is 0 Å². The molecule has 0 spiro atoms. The molecule has 1 rings (SSSR count). The van der Waals surface area contributed by atoms with Crippen LogP contribution in [0.2, 0.25) is 0 Å². The number of rotatable bonds is 2. The van der Waals surface area contributed by atoms with Gasteiger partial charge in [0.2, 0.25) is 0 Å². The number of carbonyl (C=O) groups is 1. The van der Waals surface area contributed by atoms with Crippen LogP contribution in [0.3, 0.4) is 0 Å². The average Bonchev–Trinajstić information content (AvgIpc) is 1.98. The van der Waals surface area contributed by atoms with Crippen molar-refractivity contribution in [2.45, 2.75) is 26.2 Å². The van der Waals surface area contributed by atoms with Gasteiger partial charge in [0.05, 0.1) is 0 Å². The third-order valence-corrected chi connectivity index (χ3v) is 2.36. The van der Waals surface area contributed by atoms with E-state index in [1.165, 1.54) is 0 Å². The Morgan fingerprint density at radius 2 is 2.36 bits per heavy atom. The summed E-state index contributed by atoms with van der Waals surface area (Å²) < 4.78 is 0. The zero-order valence-electron chi connectivity index (χ0n) is 7.47. The Bertz CT molecular complexity index is 144. The van der Waals surface area contributed by atoms with Crippen molar-refractivity contribution < 1.29 is 4.79 Å². The maximum atomic E-state index is 11.3. The van der Waals surface area contributed by atoms with Crippen molar-refractivity contribution in [3.05, 3.63) is 0 Å². The second-order valence-corrected chi connectivity index (χ2v) is 3.46. The summed E-state index contributed by atoms with van der Waals surface area (Å²) in [4.78, 5) is 13.6. The van der Waals surface area contributed by atoms with Crippen LogP contribution in [0, 0.1) is 5.92 Å². The molecule has 2 heteroatoms. The fraction of sp³-hybridized carbons (Fsp3) is 0.889. The predicted molar refractivity (Wildman–Crippen MR) is 45.5 cm³/mol. The molecule has 11 heavy (non-hydrogen) atoms. The van der Waals surface area contributed by atoms with Gasteiger partial charge in [-0.1, -0.05) is 13.3 Å². The highest BCUT2D eigenvalue weighted by Gasteiger charge is 2.23. The molecule has 1 atom stereocenters. The molecule has 2 nitrogen and oxygen atoms in total. The van der Waals surface area contributed by atoms with Gasteiger partial charge in [-0.25, -0.2) is 0 Å². The first-order valence-corrected chi connectivity index (χ1v) is 4.45. The highest BCUT2D eigenvalue weighted by molar-refractivity contribution is 5.82. The molecule has 1 fully saturated rings. The van der Waals surface area contributed by atoms with E-state index in [1.807, 2.05) is 0 Å². The molecular formula is C9H17NO. The number of carbonyl (C=O) groups excluding carboxylic acids is 1. The maximum absolute atomic E-state index is 11.3. The largest absolute Gasteiger partial charge is 0.305 e. The van der Waals surface area contributed by atoms with Gasteiger partial charge in [0.25, 0.3) is 0 Å². The SMILES string of the molecule is CCC[C@H]1CN(C)CCC1=O. The summed E-state index contributed by atoms with van der Waals surface area (Å²) in [6, 6.07) is 0. The molecule has 1 heterocycles. The number of piperidine rings is 1. The molecule has 0 aromatic heterocycles. The highest BCUT2D eigenvalue weighted by Crippen LogP contribution is 2.16. The van der Waals surface area contributed by atoms with Gasteiger partial charge in [-0.3, -0.25) is 4.79 Å². The summed E-state index contributed by atoms with van der Waals surface area (Å²) in [6.45, 7) is 4.08. The lowest BCUT2D eigenvalue weighted by Crippen LogP contribution is -2.38. The normalized spacial score (nSPS) is 27.5. The lowest BCUT2D eigenvalue weighted by Gasteiger charge is -2.28. The van der Waals surface area contributed by atoms with E-state index in [9.17, 15) is 4.79 Å². The summed E-state index contributed by atoms with van der Waals surface area (Å²) in [5.41, 5.74) is 0. The Morgan fingerprint density at radius 3 is 3.00 bits per heavy atom. The number of hydrogen-bond donors (Lipinski definition) is 0. The van der Waals surface area contributed by atoms with Crippen molar-refractivity contribution in [1.29, 1.82) is 0 Å². The van der Waals surface area contributed by atoms with E-state index >= 15 is 0 Å². The summed E-state index contributed by atoms with van der Waals surface area (Å²) >= 11 is 0. The molecule has 1 saturated heterocycles. The molecule has 0 N–H and O–H groups in total. The van der Waals surface area contributed by atoms with Gasteiger partial charge in [-0.2, -0.15) is 0 Å². The predicted octanol–water partition coefficient (Wildman–Crippen LogP) is 1.31. The quantitative estimate of drug-likeness (QED) is 0.599. The molecular weight excluding hydrogens is 138 g/mol. The van der Waals surface area contributed by atoms with Crippen LogP contribution in [-0.2, 0) is 4.79 Å². The minimum Gasteiger partial charge on any atom is -0.305 e. The van der Waals surface area contributed by atoms with Gasteiger partial charge < -0.3 is 4.90 Å². The average molecular weight is 155 g/mol. The van der Waals surface area contributed by atoms with Crippen molar-refractivity contribution in [2.75, 3.05) is 20.1 Å². The topological polar surface area (TPSA) is 20.3 Å². The van der Waals surface area contributed by atoms with Crippen molar-refractivity contribution >= 4 is 5.78 Å². The summed E-state index contributed by atoms with van der Waals surface area (Å²) in [5.74, 6) is 0.809. The molecule has 0 aromatic carbocycles. The van der Waals surface area contributed by atoms with Crippen molar-refractivity contribution in [2.24, 2.45) is 5.92 Å². The lowest BCUT2D eigenvalue weighted by atomic mass is 9.93. The van der Waals surface area contributed by atoms with Gasteiger partial charge >= 0.3 is 0 Å². The molecule has 1 aliphatic rings. The smallest absolute Gasteiger partial charge is 0.138 e. The lowest BCUT2D eigenvalue weighted by molar-refractivity contribution is -0.126.